The van der Waals surface area contributed by atoms with E-state index < -0.39 is 5.97 Å². The van der Waals surface area contributed by atoms with Crippen molar-refractivity contribution in [2.24, 2.45) is 5.10 Å². The van der Waals surface area contributed by atoms with Gasteiger partial charge in [0.05, 0.1) is 11.8 Å². The number of ether oxygens (including phenoxy) is 2. The molecule has 29 heavy (non-hydrogen) atoms. The fourth-order valence-electron chi connectivity index (χ4n) is 2.25. The summed E-state index contributed by atoms with van der Waals surface area (Å²) in [5.41, 5.74) is 3.51. The van der Waals surface area contributed by atoms with Crippen LogP contribution in [0, 0.1) is 0 Å². The Balaban J connectivity index is 1.46. The Morgan fingerprint density at radius 3 is 2.28 bits per heavy atom. The van der Waals surface area contributed by atoms with Crippen LogP contribution in [0.1, 0.15) is 15.9 Å². The van der Waals surface area contributed by atoms with Crippen molar-refractivity contribution >= 4 is 29.7 Å². The number of nitrogens with zero attached hydrogens (tertiary/aromatic N) is 1. The van der Waals surface area contributed by atoms with Crippen LogP contribution >= 0.6 is 11.6 Å². The van der Waals surface area contributed by atoms with E-state index in [1.807, 2.05) is 18.2 Å². The molecular formula is C22H17ClN2O4. The molecule has 7 heteroatoms. The summed E-state index contributed by atoms with van der Waals surface area (Å²) in [7, 11) is 0. The third kappa shape index (κ3) is 6.48. The molecule has 0 spiro atoms. The van der Waals surface area contributed by atoms with Gasteiger partial charge in [0.25, 0.3) is 5.91 Å². The summed E-state index contributed by atoms with van der Waals surface area (Å²) in [6.07, 6.45) is 1.48. The second kappa shape index (κ2) is 10.1. The molecule has 1 amide bonds. The van der Waals surface area contributed by atoms with Crippen LogP contribution in [0.5, 0.6) is 11.5 Å². The van der Waals surface area contributed by atoms with Crippen LogP contribution < -0.4 is 14.9 Å². The topological polar surface area (TPSA) is 77.0 Å². The minimum Gasteiger partial charge on any atom is -0.484 e. The van der Waals surface area contributed by atoms with E-state index in [2.05, 4.69) is 10.5 Å². The number of halogens is 1. The van der Waals surface area contributed by atoms with E-state index >= 15 is 0 Å². The molecule has 6 nitrogen and oxygen atoms in total. The fourth-order valence-corrected chi connectivity index (χ4v) is 2.38. The van der Waals surface area contributed by atoms with Crippen LogP contribution in [0.4, 0.5) is 0 Å². The maximum atomic E-state index is 12.1. The molecule has 0 aliphatic heterocycles. The lowest BCUT2D eigenvalue weighted by molar-refractivity contribution is -0.123. The number of amides is 1. The predicted octanol–water partition coefficient (Wildman–Crippen LogP) is 4.09. The maximum Gasteiger partial charge on any atom is 0.343 e. The molecule has 0 saturated heterocycles. The smallest absolute Gasteiger partial charge is 0.343 e. The van der Waals surface area contributed by atoms with E-state index in [0.29, 0.717) is 22.1 Å². The van der Waals surface area contributed by atoms with E-state index in [0.717, 1.165) is 5.56 Å². The molecule has 0 bridgehead atoms. The second-order valence-corrected chi connectivity index (χ2v) is 6.30. The van der Waals surface area contributed by atoms with E-state index in [4.69, 9.17) is 21.1 Å². The van der Waals surface area contributed by atoms with Crippen LogP contribution in [0.2, 0.25) is 5.02 Å². The lowest BCUT2D eigenvalue weighted by Crippen LogP contribution is -2.24. The molecule has 0 atom stereocenters. The predicted molar refractivity (Wildman–Crippen MR) is 111 cm³/mol. The first-order chi connectivity index (χ1) is 14.1. The van der Waals surface area contributed by atoms with Gasteiger partial charge >= 0.3 is 5.97 Å². The Labute approximate surface area is 172 Å². The number of esters is 1. The third-order valence-corrected chi connectivity index (χ3v) is 3.94. The van der Waals surface area contributed by atoms with E-state index in [9.17, 15) is 9.59 Å². The van der Waals surface area contributed by atoms with Crippen molar-refractivity contribution < 1.29 is 19.1 Å². The number of nitrogens with one attached hydrogen (secondary N) is 1. The van der Waals surface area contributed by atoms with E-state index in [-0.39, 0.29) is 12.5 Å². The SMILES string of the molecule is O=C(COc1ccccc1)N/N=C\c1ccc(OC(=O)c2ccc(Cl)cc2)cc1. The molecule has 146 valence electrons. The summed E-state index contributed by atoms with van der Waals surface area (Å²) >= 11 is 5.80. The van der Waals surface area contributed by atoms with Crippen molar-refractivity contribution in [2.45, 2.75) is 0 Å². The minimum atomic E-state index is -0.478. The molecule has 0 unspecified atom stereocenters. The first-order valence-electron chi connectivity index (χ1n) is 8.68. The summed E-state index contributed by atoms with van der Waals surface area (Å²) in [5.74, 6) is 0.144. The molecule has 0 aromatic heterocycles. The average molecular weight is 409 g/mol. The summed E-state index contributed by atoms with van der Waals surface area (Å²) in [4.78, 5) is 23.8. The highest BCUT2D eigenvalue weighted by molar-refractivity contribution is 6.30. The van der Waals surface area contributed by atoms with Gasteiger partial charge in [0, 0.05) is 5.02 Å². The zero-order chi connectivity index (χ0) is 20.5. The number of para-hydroxylation sites is 1. The molecule has 0 aliphatic carbocycles. The van der Waals surface area contributed by atoms with Crippen molar-refractivity contribution in [1.82, 2.24) is 5.43 Å². The number of carbonyl (C=O) groups excluding carboxylic acids is 2. The van der Waals surface area contributed by atoms with Crippen LogP contribution in [0.25, 0.3) is 0 Å². The molecule has 3 aromatic rings. The van der Waals surface area contributed by atoms with Gasteiger partial charge in [0.15, 0.2) is 6.61 Å². The number of hydrogen-bond acceptors (Lipinski definition) is 5. The third-order valence-electron chi connectivity index (χ3n) is 3.69. The normalized spacial score (nSPS) is 10.5. The Morgan fingerprint density at radius 1 is 0.897 bits per heavy atom. The highest BCUT2D eigenvalue weighted by Crippen LogP contribution is 2.15. The number of rotatable bonds is 7. The first kappa shape index (κ1) is 20.1. The summed E-state index contributed by atoms with van der Waals surface area (Å²) < 4.78 is 10.6. The van der Waals surface area contributed by atoms with Gasteiger partial charge in [0.2, 0.25) is 0 Å². The molecule has 3 rings (SSSR count). The van der Waals surface area contributed by atoms with Crippen molar-refractivity contribution in [1.29, 1.82) is 0 Å². The van der Waals surface area contributed by atoms with Crippen molar-refractivity contribution in [3.8, 4) is 11.5 Å². The molecule has 0 saturated carbocycles. The number of benzene rings is 3. The second-order valence-electron chi connectivity index (χ2n) is 5.86. The number of carbonyl (C=O) groups is 2. The van der Waals surface area contributed by atoms with Crippen molar-refractivity contribution in [3.63, 3.8) is 0 Å². The molecule has 3 aromatic carbocycles. The van der Waals surface area contributed by atoms with Crippen LogP contribution in [0.3, 0.4) is 0 Å². The summed E-state index contributed by atoms with van der Waals surface area (Å²) in [6.45, 7) is -0.138. The largest absolute Gasteiger partial charge is 0.484 e. The zero-order valence-electron chi connectivity index (χ0n) is 15.2. The molecule has 0 aliphatic rings. The molecule has 1 N–H and O–H groups in total. The van der Waals surface area contributed by atoms with E-state index in [1.165, 1.54) is 6.21 Å². The van der Waals surface area contributed by atoms with Gasteiger partial charge in [-0.2, -0.15) is 5.10 Å². The fraction of sp³-hybridized carbons (Fsp3) is 0.0455. The number of hydrazone groups is 1. The Morgan fingerprint density at radius 2 is 1.59 bits per heavy atom. The Bertz CT molecular complexity index is 988. The van der Waals surface area contributed by atoms with Gasteiger partial charge in [-0.25, -0.2) is 10.2 Å². The van der Waals surface area contributed by atoms with Crippen LogP contribution in [-0.4, -0.2) is 24.7 Å². The first-order valence-corrected chi connectivity index (χ1v) is 9.05. The molecule has 0 heterocycles. The highest BCUT2D eigenvalue weighted by atomic mass is 35.5. The quantitative estimate of drug-likeness (QED) is 0.276. The number of hydrogen-bond donors (Lipinski definition) is 1. The summed E-state index contributed by atoms with van der Waals surface area (Å²) in [5, 5.41) is 4.42. The van der Waals surface area contributed by atoms with Gasteiger partial charge in [-0.1, -0.05) is 29.8 Å². The van der Waals surface area contributed by atoms with Gasteiger partial charge in [-0.05, 0) is 66.2 Å². The Hall–Kier alpha value is -3.64. The van der Waals surface area contributed by atoms with Gasteiger partial charge < -0.3 is 9.47 Å². The highest BCUT2D eigenvalue weighted by Gasteiger charge is 2.08. The van der Waals surface area contributed by atoms with Gasteiger partial charge in [-0.3, -0.25) is 4.79 Å². The Kier molecular flexibility index (Phi) is 6.97. The lowest BCUT2D eigenvalue weighted by Gasteiger charge is -2.05. The summed E-state index contributed by atoms with van der Waals surface area (Å²) in [6, 6.07) is 22.1. The maximum absolute atomic E-state index is 12.1. The van der Waals surface area contributed by atoms with E-state index in [1.54, 1.807) is 60.7 Å². The lowest BCUT2D eigenvalue weighted by atomic mass is 10.2. The van der Waals surface area contributed by atoms with Crippen LogP contribution in [0.15, 0.2) is 84.0 Å². The molecule has 0 fully saturated rings. The standard InChI is InChI=1S/C22H17ClN2O4/c23-18-10-8-17(9-11-18)22(27)29-20-12-6-16(7-13-20)14-24-25-21(26)15-28-19-4-2-1-3-5-19/h1-14H,15H2,(H,25,26)/b24-14-. The molecular weight excluding hydrogens is 392 g/mol. The zero-order valence-corrected chi connectivity index (χ0v) is 16.0. The monoisotopic (exact) mass is 408 g/mol. The average Bonchev–Trinajstić information content (AvgIpc) is 2.75. The van der Waals surface area contributed by atoms with Crippen molar-refractivity contribution in [2.75, 3.05) is 6.61 Å². The van der Waals surface area contributed by atoms with Crippen LogP contribution in [-0.2, 0) is 4.79 Å². The van der Waals surface area contributed by atoms with Gasteiger partial charge in [-0.15, -0.1) is 0 Å². The molecule has 0 radical (unpaired) electrons. The van der Waals surface area contributed by atoms with Gasteiger partial charge in [0.1, 0.15) is 11.5 Å². The minimum absolute atomic E-state index is 0.138. The van der Waals surface area contributed by atoms with Crippen molar-refractivity contribution in [3.05, 3.63) is 95.0 Å².